The first kappa shape index (κ1) is 16.6. The van der Waals surface area contributed by atoms with E-state index in [4.69, 9.17) is 4.74 Å². The highest BCUT2D eigenvalue weighted by Gasteiger charge is 2.22. The number of aromatic nitrogens is 1. The first-order valence-corrected chi connectivity index (χ1v) is 8.83. The number of nitrogens with one attached hydrogen (secondary N) is 1. The third kappa shape index (κ3) is 3.48. The summed E-state index contributed by atoms with van der Waals surface area (Å²) in [5, 5.41) is 3.62. The van der Waals surface area contributed by atoms with Gasteiger partial charge in [0.2, 0.25) is 0 Å². The molecule has 3 rings (SSSR count). The van der Waals surface area contributed by atoms with Crippen LogP contribution in [0.25, 0.3) is 0 Å². The van der Waals surface area contributed by atoms with Gasteiger partial charge in [-0.2, -0.15) is 0 Å². The van der Waals surface area contributed by atoms with Crippen LogP contribution in [0.5, 0.6) is 0 Å². The van der Waals surface area contributed by atoms with Crippen LogP contribution in [0.1, 0.15) is 44.8 Å². The van der Waals surface area contributed by atoms with Gasteiger partial charge in [-0.1, -0.05) is 6.07 Å². The van der Waals surface area contributed by atoms with Gasteiger partial charge in [-0.05, 0) is 63.3 Å². The van der Waals surface area contributed by atoms with E-state index in [9.17, 15) is 9.59 Å². The molecule has 1 atom stereocenters. The standard InChI is InChI=1S/C18H20N2O3S/c1-10-16(24-12(3)19-10)18(22)23-11(2)17(21)20-15-8-7-13-5-4-6-14(13)9-15/h7-9,11H,4-6H2,1-3H3,(H,20,21). The summed E-state index contributed by atoms with van der Waals surface area (Å²) in [6.07, 6.45) is 2.44. The SMILES string of the molecule is Cc1nc(C)c(C(=O)OC(C)C(=O)Nc2ccc3c(c2)CCC3)s1. The summed E-state index contributed by atoms with van der Waals surface area (Å²) in [5.74, 6) is -0.838. The largest absolute Gasteiger partial charge is 0.448 e. The van der Waals surface area contributed by atoms with Crippen LogP contribution in [-0.2, 0) is 22.4 Å². The summed E-state index contributed by atoms with van der Waals surface area (Å²) < 4.78 is 5.28. The number of anilines is 1. The van der Waals surface area contributed by atoms with Crippen molar-refractivity contribution in [1.29, 1.82) is 0 Å². The number of benzene rings is 1. The van der Waals surface area contributed by atoms with Crippen molar-refractivity contribution < 1.29 is 14.3 Å². The number of hydrogen-bond donors (Lipinski definition) is 1. The molecular weight excluding hydrogens is 324 g/mol. The van der Waals surface area contributed by atoms with E-state index in [0.717, 1.165) is 30.0 Å². The van der Waals surface area contributed by atoms with Crippen LogP contribution in [-0.4, -0.2) is 23.0 Å². The number of amides is 1. The number of ether oxygens (including phenoxy) is 1. The van der Waals surface area contributed by atoms with E-state index >= 15 is 0 Å². The zero-order valence-electron chi connectivity index (χ0n) is 14.0. The molecule has 1 amide bonds. The minimum absolute atomic E-state index is 0.333. The number of esters is 1. The Morgan fingerprint density at radius 2 is 2.00 bits per heavy atom. The lowest BCUT2D eigenvalue weighted by Crippen LogP contribution is -2.30. The third-order valence-electron chi connectivity index (χ3n) is 4.11. The fraction of sp³-hybridized carbons (Fsp3) is 0.389. The van der Waals surface area contributed by atoms with Crippen molar-refractivity contribution in [3.63, 3.8) is 0 Å². The number of carbonyl (C=O) groups excluding carboxylic acids is 2. The molecule has 0 radical (unpaired) electrons. The molecule has 24 heavy (non-hydrogen) atoms. The molecule has 1 unspecified atom stereocenters. The van der Waals surface area contributed by atoms with Crippen LogP contribution in [0.2, 0.25) is 0 Å². The average Bonchev–Trinajstić information content (AvgIpc) is 3.12. The maximum atomic E-state index is 12.3. The molecule has 1 aromatic carbocycles. The van der Waals surface area contributed by atoms with Crippen LogP contribution in [0.3, 0.4) is 0 Å². The number of fused-ring (bicyclic) bond motifs is 1. The van der Waals surface area contributed by atoms with Crippen molar-refractivity contribution in [2.75, 3.05) is 5.32 Å². The van der Waals surface area contributed by atoms with E-state index in [-0.39, 0.29) is 5.91 Å². The molecule has 1 aromatic heterocycles. The number of thiazole rings is 1. The van der Waals surface area contributed by atoms with Crippen LogP contribution in [0.4, 0.5) is 5.69 Å². The van der Waals surface area contributed by atoms with E-state index in [1.165, 1.54) is 22.5 Å². The summed E-state index contributed by atoms with van der Waals surface area (Å²) in [5.41, 5.74) is 4.01. The number of hydrogen-bond acceptors (Lipinski definition) is 5. The van der Waals surface area contributed by atoms with Gasteiger partial charge < -0.3 is 10.1 Å². The van der Waals surface area contributed by atoms with Gasteiger partial charge in [-0.25, -0.2) is 9.78 Å². The van der Waals surface area contributed by atoms with E-state index in [1.54, 1.807) is 13.8 Å². The van der Waals surface area contributed by atoms with Gasteiger partial charge in [0.05, 0.1) is 10.7 Å². The van der Waals surface area contributed by atoms with Gasteiger partial charge in [0.1, 0.15) is 4.88 Å². The molecule has 0 saturated heterocycles. The topological polar surface area (TPSA) is 68.3 Å². The Morgan fingerprint density at radius 3 is 2.71 bits per heavy atom. The van der Waals surface area contributed by atoms with Gasteiger partial charge >= 0.3 is 5.97 Å². The Bertz CT molecular complexity index is 798. The summed E-state index contributed by atoms with van der Waals surface area (Å²) in [4.78, 5) is 29.1. The smallest absolute Gasteiger partial charge is 0.351 e. The summed E-state index contributed by atoms with van der Waals surface area (Å²) in [7, 11) is 0. The number of rotatable bonds is 4. The Labute approximate surface area is 145 Å². The maximum Gasteiger partial charge on any atom is 0.351 e. The Kier molecular flexibility index (Phi) is 4.66. The highest BCUT2D eigenvalue weighted by molar-refractivity contribution is 7.13. The second-order valence-corrected chi connectivity index (χ2v) is 7.22. The van der Waals surface area contributed by atoms with Crippen molar-refractivity contribution in [2.45, 2.75) is 46.1 Å². The van der Waals surface area contributed by atoms with Crippen LogP contribution < -0.4 is 5.32 Å². The molecule has 6 heteroatoms. The molecule has 0 saturated carbocycles. The van der Waals surface area contributed by atoms with Crippen molar-refractivity contribution >= 4 is 28.9 Å². The molecule has 0 aliphatic heterocycles. The minimum Gasteiger partial charge on any atom is -0.448 e. The van der Waals surface area contributed by atoms with Crippen molar-refractivity contribution in [1.82, 2.24) is 4.98 Å². The van der Waals surface area contributed by atoms with E-state index in [0.29, 0.717) is 10.6 Å². The fourth-order valence-electron chi connectivity index (χ4n) is 2.88. The molecule has 126 valence electrons. The molecule has 1 heterocycles. The quantitative estimate of drug-likeness (QED) is 0.863. The van der Waals surface area contributed by atoms with E-state index in [1.807, 2.05) is 19.1 Å². The molecule has 1 aliphatic carbocycles. The van der Waals surface area contributed by atoms with E-state index < -0.39 is 12.1 Å². The van der Waals surface area contributed by atoms with Crippen LogP contribution in [0, 0.1) is 13.8 Å². The van der Waals surface area contributed by atoms with Crippen LogP contribution in [0.15, 0.2) is 18.2 Å². The van der Waals surface area contributed by atoms with Crippen molar-refractivity contribution in [2.24, 2.45) is 0 Å². The molecule has 0 spiro atoms. The molecule has 5 nitrogen and oxygen atoms in total. The lowest BCUT2D eigenvalue weighted by Gasteiger charge is -2.14. The highest BCUT2D eigenvalue weighted by atomic mass is 32.1. The monoisotopic (exact) mass is 344 g/mol. The predicted molar refractivity (Wildman–Crippen MR) is 93.6 cm³/mol. The molecule has 1 aliphatic rings. The molecule has 0 fully saturated rings. The number of aryl methyl sites for hydroxylation is 4. The second-order valence-electron chi connectivity index (χ2n) is 6.02. The highest BCUT2D eigenvalue weighted by Crippen LogP contribution is 2.25. The van der Waals surface area contributed by atoms with Gasteiger partial charge in [0, 0.05) is 5.69 Å². The molecular formula is C18H20N2O3S. The van der Waals surface area contributed by atoms with Gasteiger partial charge in [-0.15, -0.1) is 11.3 Å². The normalized spacial score (nSPS) is 14.1. The molecule has 2 aromatic rings. The summed E-state index contributed by atoms with van der Waals surface area (Å²) >= 11 is 1.28. The lowest BCUT2D eigenvalue weighted by atomic mass is 10.1. The zero-order chi connectivity index (χ0) is 17.3. The third-order valence-corrected chi connectivity index (χ3v) is 5.16. The molecule has 0 bridgehead atoms. The lowest BCUT2D eigenvalue weighted by molar-refractivity contribution is -0.123. The Balaban J connectivity index is 1.62. The molecule has 1 N–H and O–H groups in total. The minimum atomic E-state index is -0.868. The average molecular weight is 344 g/mol. The zero-order valence-corrected chi connectivity index (χ0v) is 14.8. The second kappa shape index (κ2) is 6.73. The first-order chi connectivity index (χ1) is 11.4. The van der Waals surface area contributed by atoms with Crippen molar-refractivity contribution in [3.8, 4) is 0 Å². The summed E-state index contributed by atoms with van der Waals surface area (Å²) in [6.45, 7) is 5.16. The fourth-order valence-corrected chi connectivity index (χ4v) is 3.68. The van der Waals surface area contributed by atoms with Crippen molar-refractivity contribution in [3.05, 3.63) is 44.9 Å². The number of nitrogens with zero attached hydrogens (tertiary/aromatic N) is 1. The Morgan fingerprint density at radius 1 is 1.25 bits per heavy atom. The van der Waals surface area contributed by atoms with Gasteiger partial charge in [-0.3, -0.25) is 4.79 Å². The number of carbonyl (C=O) groups is 2. The van der Waals surface area contributed by atoms with Crippen LogP contribution >= 0.6 is 11.3 Å². The van der Waals surface area contributed by atoms with Gasteiger partial charge in [0.15, 0.2) is 6.10 Å². The summed E-state index contributed by atoms with van der Waals surface area (Å²) in [6, 6.07) is 5.96. The first-order valence-electron chi connectivity index (χ1n) is 8.01. The van der Waals surface area contributed by atoms with E-state index in [2.05, 4.69) is 16.4 Å². The predicted octanol–water partition coefficient (Wildman–Crippen LogP) is 3.43. The Hall–Kier alpha value is -2.21. The van der Waals surface area contributed by atoms with Gasteiger partial charge in [0.25, 0.3) is 5.91 Å². The maximum absolute atomic E-state index is 12.3.